The Labute approximate surface area is 97.7 Å². The van der Waals surface area contributed by atoms with E-state index in [-0.39, 0.29) is 10.6 Å². The van der Waals surface area contributed by atoms with Crippen LogP contribution < -0.4 is 0 Å². The summed E-state index contributed by atoms with van der Waals surface area (Å²) in [5.41, 5.74) is -5.07. The summed E-state index contributed by atoms with van der Waals surface area (Å²) < 4.78 is 36.5. The molecule has 0 saturated heterocycles. The van der Waals surface area contributed by atoms with Gasteiger partial charge in [-0.25, -0.2) is 0 Å². The second-order valence-electron chi connectivity index (χ2n) is 2.85. The molecule has 1 rings (SSSR count). The first kappa shape index (κ1) is 13.1. The van der Waals surface area contributed by atoms with Gasteiger partial charge in [0.1, 0.15) is 4.90 Å². The maximum absolute atomic E-state index is 12.2. The molecule has 0 atom stereocenters. The lowest BCUT2D eigenvalue weighted by Gasteiger charge is -2.09. The molecule has 0 aliphatic carbocycles. The highest BCUT2D eigenvalue weighted by atomic mass is 35.5. The van der Waals surface area contributed by atoms with E-state index in [4.69, 9.17) is 11.6 Å². The van der Waals surface area contributed by atoms with Crippen molar-refractivity contribution in [2.45, 2.75) is 17.3 Å². The summed E-state index contributed by atoms with van der Waals surface area (Å²) in [5, 5.41) is 10.4. The van der Waals surface area contributed by atoms with E-state index < -0.39 is 32.8 Å². The van der Waals surface area contributed by atoms with Gasteiger partial charge in [0.05, 0.1) is 9.95 Å². The number of halogens is 4. The van der Waals surface area contributed by atoms with E-state index >= 15 is 0 Å². The van der Waals surface area contributed by atoms with Crippen LogP contribution in [0.5, 0.6) is 0 Å². The Morgan fingerprint density at radius 1 is 1.44 bits per heavy atom. The molecule has 16 heavy (non-hydrogen) atoms. The summed E-state index contributed by atoms with van der Waals surface area (Å²) >= 11 is 4.95. The highest BCUT2D eigenvalue weighted by Crippen LogP contribution is 2.45. The van der Waals surface area contributed by atoms with Crippen LogP contribution in [-0.4, -0.2) is 10.4 Å². The number of nitro groups is 1. The van der Waals surface area contributed by atoms with E-state index in [1.807, 2.05) is 0 Å². The molecule has 8 heteroatoms. The average molecular weight is 272 g/mol. The lowest BCUT2D eigenvalue weighted by atomic mass is 10.2. The summed E-state index contributed by atoms with van der Waals surface area (Å²) in [4.78, 5) is 9.21. The third-order valence-electron chi connectivity index (χ3n) is 1.69. The summed E-state index contributed by atoms with van der Waals surface area (Å²) in [6, 6.07) is 2.51. The third kappa shape index (κ3) is 3.02. The summed E-state index contributed by atoms with van der Waals surface area (Å²) in [7, 11) is 0. The molecule has 1 aromatic rings. The van der Waals surface area contributed by atoms with Crippen molar-refractivity contribution in [3.8, 4) is 0 Å². The molecule has 0 spiro atoms. The fourth-order valence-electron chi connectivity index (χ4n) is 1.08. The molecule has 0 aromatic heterocycles. The molecular formula is C8H5ClF3NO2S. The van der Waals surface area contributed by atoms with Crippen molar-refractivity contribution in [2.24, 2.45) is 0 Å². The van der Waals surface area contributed by atoms with Gasteiger partial charge in [0, 0.05) is 5.56 Å². The van der Waals surface area contributed by atoms with Crippen LogP contribution in [0.1, 0.15) is 5.56 Å². The van der Waals surface area contributed by atoms with Crippen molar-refractivity contribution in [3.63, 3.8) is 0 Å². The highest BCUT2D eigenvalue weighted by molar-refractivity contribution is 8.00. The average Bonchev–Trinajstić information content (AvgIpc) is 2.08. The quantitative estimate of drug-likeness (QED) is 0.461. The van der Waals surface area contributed by atoms with Gasteiger partial charge in [0.25, 0.3) is 5.69 Å². The lowest BCUT2D eigenvalue weighted by Crippen LogP contribution is -2.03. The molecule has 0 radical (unpaired) electrons. The number of nitro benzene ring substituents is 1. The molecule has 0 amide bonds. The smallest absolute Gasteiger partial charge is 0.258 e. The van der Waals surface area contributed by atoms with E-state index in [1.165, 1.54) is 19.1 Å². The monoisotopic (exact) mass is 271 g/mol. The summed E-state index contributed by atoms with van der Waals surface area (Å²) in [6.45, 7) is 1.36. The number of rotatable bonds is 2. The van der Waals surface area contributed by atoms with Gasteiger partial charge in [0.2, 0.25) is 0 Å². The van der Waals surface area contributed by atoms with Crippen molar-refractivity contribution in [3.05, 3.63) is 32.8 Å². The largest absolute Gasteiger partial charge is 0.446 e. The second kappa shape index (κ2) is 4.50. The summed E-state index contributed by atoms with van der Waals surface area (Å²) in [6.07, 6.45) is 0. The van der Waals surface area contributed by atoms with Gasteiger partial charge in [-0.1, -0.05) is 17.7 Å². The Bertz CT molecular complexity index is 436. The highest BCUT2D eigenvalue weighted by Gasteiger charge is 2.35. The predicted molar refractivity (Wildman–Crippen MR) is 54.8 cm³/mol. The molecule has 0 saturated carbocycles. The van der Waals surface area contributed by atoms with Gasteiger partial charge in [0.15, 0.2) is 0 Å². The zero-order valence-electron chi connectivity index (χ0n) is 7.84. The van der Waals surface area contributed by atoms with E-state index in [9.17, 15) is 23.3 Å². The van der Waals surface area contributed by atoms with Crippen LogP contribution in [0.15, 0.2) is 17.0 Å². The maximum Gasteiger partial charge on any atom is 0.446 e. The molecule has 1 aromatic carbocycles. The molecular weight excluding hydrogens is 267 g/mol. The van der Waals surface area contributed by atoms with Gasteiger partial charge < -0.3 is 0 Å². The fraction of sp³-hybridized carbons (Fsp3) is 0.250. The molecule has 88 valence electrons. The van der Waals surface area contributed by atoms with Crippen LogP contribution in [0.25, 0.3) is 0 Å². The molecule has 0 aliphatic heterocycles. The normalized spacial score (nSPS) is 11.6. The van der Waals surface area contributed by atoms with Crippen LogP contribution in [0.2, 0.25) is 5.02 Å². The first-order valence-electron chi connectivity index (χ1n) is 3.91. The molecule has 0 bridgehead atoms. The molecule has 0 fully saturated rings. The predicted octanol–water partition coefficient (Wildman–Crippen LogP) is 4.17. The van der Waals surface area contributed by atoms with E-state index in [0.717, 1.165) is 0 Å². The Morgan fingerprint density at radius 3 is 2.44 bits per heavy atom. The molecule has 0 unspecified atom stereocenters. The van der Waals surface area contributed by atoms with E-state index in [1.54, 1.807) is 0 Å². The zero-order valence-corrected chi connectivity index (χ0v) is 9.41. The Balaban J connectivity index is 3.35. The SMILES string of the molecule is Cc1ccc(Cl)c(SC(F)(F)F)c1[N+](=O)[O-]. The summed E-state index contributed by atoms with van der Waals surface area (Å²) in [5.74, 6) is 0. The minimum atomic E-state index is -4.61. The molecule has 0 N–H and O–H groups in total. The number of alkyl halides is 3. The van der Waals surface area contributed by atoms with Crippen LogP contribution in [0.4, 0.5) is 18.9 Å². The van der Waals surface area contributed by atoms with Crippen molar-refractivity contribution in [1.29, 1.82) is 0 Å². The first-order chi connectivity index (χ1) is 7.22. The topological polar surface area (TPSA) is 43.1 Å². The van der Waals surface area contributed by atoms with Crippen molar-refractivity contribution in [1.82, 2.24) is 0 Å². The van der Waals surface area contributed by atoms with Gasteiger partial charge in [-0.15, -0.1) is 0 Å². The first-order valence-corrected chi connectivity index (χ1v) is 5.11. The minimum absolute atomic E-state index is 0.140. The van der Waals surface area contributed by atoms with Gasteiger partial charge in [-0.05, 0) is 24.8 Å². The van der Waals surface area contributed by atoms with Crippen molar-refractivity contribution in [2.75, 3.05) is 0 Å². The van der Waals surface area contributed by atoms with Crippen LogP contribution in [0.3, 0.4) is 0 Å². The van der Waals surface area contributed by atoms with Gasteiger partial charge >= 0.3 is 5.51 Å². The van der Waals surface area contributed by atoms with Crippen LogP contribution in [0, 0.1) is 17.0 Å². The maximum atomic E-state index is 12.2. The van der Waals surface area contributed by atoms with Crippen molar-refractivity contribution >= 4 is 29.1 Å². The van der Waals surface area contributed by atoms with E-state index in [0.29, 0.717) is 0 Å². The number of hydrogen-bond acceptors (Lipinski definition) is 3. The van der Waals surface area contributed by atoms with E-state index in [2.05, 4.69) is 0 Å². The Morgan fingerprint density at radius 2 is 2.00 bits per heavy atom. The lowest BCUT2D eigenvalue weighted by molar-refractivity contribution is -0.388. The number of nitrogens with zero attached hydrogens (tertiary/aromatic N) is 1. The van der Waals surface area contributed by atoms with Crippen LogP contribution in [-0.2, 0) is 0 Å². The molecule has 0 aliphatic rings. The standard InChI is InChI=1S/C8H5ClF3NO2S/c1-4-2-3-5(9)7(6(4)13(14)15)16-8(10,11)12/h2-3H,1H3. The minimum Gasteiger partial charge on any atom is -0.258 e. The Hall–Kier alpha value is -0.950. The second-order valence-corrected chi connectivity index (χ2v) is 4.33. The fourth-order valence-corrected chi connectivity index (χ4v) is 2.08. The van der Waals surface area contributed by atoms with Gasteiger partial charge in [-0.3, -0.25) is 10.1 Å². The zero-order chi connectivity index (χ0) is 12.5. The molecule has 0 heterocycles. The third-order valence-corrected chi connectivity index (χ3v) is 2.96. The molecule has 3 nitrogen and oxygen atoms in total. The van der Waals surface area contributed by atoms with Crippen molar-refractivity contribution < 1.29 is 18.1 Å². The Kier molecular flexibility index (Phi) is 3.69. The number of hydrogen-bond donors (Lipinski definition) is 0. The van der Waals surface area contributed by atoms with Gasteiger partial charge in [-0.2, -0.15) is 13.2 Å². The van der Waals surface area contributed by atoms with Crippen LogP contribution >= 0.6 is 23.4 Å². The number of aryl methyl sites for hydroxylation is 1. The number of thioether (sulfide) groups is 1. The number of benzene rings is 1.